The van der Waals surface area contributed by atoms with Gasteiger partial charge in [-0.05, 0) is 25.6 Å². The summed E-state index contributed by atoms with van der Waals surface area (Å²) < 4.78 is 27.6. The minimum absolute atomic E-state index is 0.0606. The molecule has 3 N–H and O–H groups in total. The van der Waals surface area contributed by atoms with Crippen LogP contribution in [-0.2, 0) is 16.6 Å². The molecule has 0 aliphatic rings. The Hall–Kier alpha value is -0.570. The minimum Gasteiger partial charge on any atom is -0.313 e. The fraction of sp³-hybridized carbons (Fsp3) is 0.769. The molecule has 0 saturated heterocycles. The van der Waals surface area contributed by atoms with Crippen molar-refractivity contribution in [1.82, 2.24) is 20.2 Å². The topological polar surface area (TPSA) is 86.9 Å². The van der Waals surface area contributed by atoms with Crippen LogP contribution in [0.15, 0.2) is 11.2 Å². The lowest BCUT2D eigenvalue weighted by Crippen LogP contribution is -2.40. The van der Waals surface area contributed by atoms with Crippen LogP contribution in [0, 0.1) is 0 Å². The van der Waals surface area contributed by atoms with Crippen LogP contribution in [-0.4, -0.2) is 42.7 Å². The third-order valence-corrected chi connectivity index (χ3v) is 6.82. The van der Waals surface area contributed by atoms with Gasteiger partial charge in [0, 0.05) is 23.4 Å². The van der Waals surface area contributed by atoms with Gasteiger partial charge in [0.15, 0.2) is 5.03 Å². The van der Waals surface area contributed by atoms with Crippen molar-refractivity contribution in [3.63, 3.8) is 0 Å². The van der Waals surface area contributed by atoms with Crippen molar-refractivity contribution in [3.8, 4) is 0 Å². The molecule has 6 nitrogen and oxygen atoms in total. The summed E-state index contributed by atoms with van der Waals surface area (Å²) in [4.78, 5) is 0. The largest absolute Gasteiger partial charge is 0.313 e. The Balaban J connectivity index is 2.85. The summed E-state index contributed by atoms with van der Waals surface area (Å²) in [5, 5.41) is 9.73. The SMILES string of the molecule is CCNCc1cn[nH]c1S(=O)(=O)NCC(CC)(CC)SC. The van der Waals surface area contributed by atoms with Crippen LogP contribution in [0.5, 0.6) is 0 Å². The van der Waals surface area contributed by atoms with Gasteiger partial charge in [-0.1, -0.05) is 20.8 Å². The lowest BCUT2D eigenvalue weighted by atomic mass is 10.0. The highest BCUT2D eigenvalue weighted by atomic mass is 32.2. The number of hydrogen-bond acceptors (Lipinski definition) is 5. The number of nitrogens with zero attached hydrogens (tertiary/aromatic N) is 1. The van der Waals surface area contributed by atoms with Gasteiger partial charge in [0.1, 0.15) is 0 Å². The van der Waals surface area contributed by atoms with Crippen LogP contribution >= 0.6 is 11.8 Å². The van der Waals surface area contributed by atoms with E-state index in [1.165, 1.54) is 0 Å². The van der Waals surface area contributed by atoms with Gasteiger partial charge in [0.25, 0.3) is 10.0 Å². The van der Waals surface area contributed by atoms with Gasteiger partial charge < -0.3 is 5.32 Å². The maximum atomic E-state index is 12.5. The van der Waals surface area contributed by atoms with Crippen LogP contribution in [0.1, 0.15) is 39.2 Å². The second-order valence-electron chi connectivity index (χ2n) is 4.92. The predicted molar refractivity (Wildman–Crippen MR) is 88.0 cm³/mol. The van der Waals surface area contributed by atoms with Crippen molar-refractivity contribution in [2.75, 3.05) is 19.3 Å². The second-order valence-corrected chi connectivity index (χ2v) is 7.90. The van der Waals surface area contributed by atoms with Gasteiger partial charge in [-0.15, -0.1) is 0 Å². The van der Waals surface area contributed by atoms with Gasteiger partial charge in [0.05, 0.1) is 6.20 Å². The van der Waals surface area contributed by atoms with E-state index in [9.17, 15) is 8.42 Å². The van der Waals surface area contributed by atoms with E-state index < -0.39 is 10.0 Å². The molecule has 0 atom stereocenters. The fourth-order valence-electron chi connectivity index (χ4n) is 2.08. The molecule has 0 radical (unpaired) electrons. The standard InChI is InChI=1S/C13H26N4O2S2/c1-5-13(6-2,20-4)10-16-21(18,19)12-11(8-14-7-3)9-15-17-12/h9,14,16H,5-8,10H2,1-4H3,(H,15,17). The Bertz CT molecular complexity index is 516. The molecule has 0 aliphatic heterocycles. The third kappa shape index (κ3) is 4.70. The molecule has 122 valence electrons. The smallest absolute Gasteiger partial charge is 0.257 e. The van der Waals surface area contributed by atoms with Crippen LogP contribution in [0.4, 0.5) is 0 Å². The number of rotatable bonds is 10. The molecular formula is C13H26N4O2S2. The van der Waals surface area contributed by atoms with Crippen LogP contribution < -0.4 is 10.0 Å². The first-order valence-corrected chi connectivity index (χ1v) is 9.93. The van der Waals surface area contributed by atoms with Crippen molar-refractivity contribution in [3.05, 3.63) is 11.8 Å². The average Bonchev–Trinajstić information content (AvgIpc) is 2.96. The molecule has 0 aromatic carbocycles. The van der Waals surface area contributed by atoms with E-state index >= 15 is 0 Å². The number of sulfonamides is 1. The van der Waals surface area contributed by atoms with Gasteiger partial charge in [0.2, 0.25) is 0 Å². The number of thioether (sulfide) groups is 1. The molecule has 0 aliphatic carbocycles. The van der Waals surface area contributed by atoms with E-state index in [1.807, 2.05) is 13.2 Å². The third-order valence-electron chi connectivity index (χ3n) is 3.82. The molecule has 1 heterocycles. The number of hydrogen-bond donors (Lipinski definition) is 3. The van der Waals surface area contributed by atoms with Gasteiger partial charge in [-0.2, -0.15) is 16.9 Å². The summed E-state index contributed by atoms with van der Waals surface area (Å²) in [5.41, 5.74) is 0.659. The minimum atomic E-state index is -3.56. The molecule has 0 saturated carbocycles. The first kappa shape index (κ1) is 18.5. The van der Waals surface area contributed by atoms with E-state index in [0.29, 0.717) is 18.7 Å². The molecule has 0 spiro atoms. The molecule has 0 amide bonds. The Labute approximate surface area is 131 Å². The quantitative estimate of drug-likeness (QED) is 0.606. The van der Waals surface area contributed by atoms with E-state index in [2.05, 4.69) is 34.1 Å². The van der Waals surface area contributed by atoms with Gasteiger partial charge in [-0.3, -0.25) is 5.10 Å². The summed E-state index contributed by atoms with van der Waals surface area (Å²) in [5.74, 6) is 0. The van der Waals surface area contributed by atoms with Crippen molar-refractivity contribution in [2.45, 2.75) is 49.9 Å². The summed E-state index contributed by atoms with van der Waals surface area (Å²) in [6.07, 6.45) is 5.41. The van der Waals surface area contributed by atoms with Crippen molar-refractivity contribution in [1.29, 1.82) is 0 Å². The highest BCUT2D eigenvalue weighted by molar-refractivity contribution is 8.00. The highest BCUT2D eigenvalue weighted by Gasteiger charge is 2.29. The van der Waals surface area contributed by atoms with Crippen molar-refractivity contribution >= 4 is 21.8 Å². The zero-order valence-electron chi connectivity index (χ0n) is 13.2. The Morgan fingerprint density at radius 2 is 2.00 bits per heavy atom. The summed E-state index contributed by atoms with van der Waals surface area (Å²) in [6.45, 7) is 7.82. The maximum Gasteiger partial charge on any atom is 0.257 e. The predicted octanol–water partition coefficient (Wildman–Crippen LogP) is 1.72. The first-order chi connectivity index (χ1) is 9.94. The Morgan fingerprint density at radius 3 is 2.52 bits per heavy atom. The van der Waals surface area contributed by atoms with Gasteiger partial charge in [-0.25, -0.2) is 13.1 Å². The zero-order chi connectivity index (χ0) is 15.9. The lowest BCUT2D eigenvalue weighted by Gasteiger charge is -2.29. The molecule has 21 heavy (non-hydrogen) atoms. The second kappa shape index (κ2) is 8.17. The number of aromatic amines is 1. The van der Waals surface area contributed by atoms with Crippen LogP contribution in [0.25, 0.3) is 0 Å². The molecule has 0 fully saturated rings. The molecule has 0 unspecified atom stereocenters. The van der Waals surface area contributed by atoms with E-state index in [1.54, 1.807) is 18.0 Å². The summed E-state index contributed by atoms with van der Waals surface area (Å²) in [6, 6.07) is 0. The molecule has 1 aromatic rings. The van der Waals surface area contributed by atoms with Crippen molar-refractivity contribution < 1.29 is 8.42 Å². The molecule has 1 rings (SSSR count). The summed E-state index contributed by atoms with van der Waals surface area (Å²) in [7, 11) is -3.56. The fourth-order valence-corrected chi connectivity index (χ4v) is 4.22. The van der Waals surface area contributed by atoms with E-state index in [0.717, 1.165) is 19.4 Å². The van der Waals surface area contributed by atoms with E-state index in [-0.39, 0.29) is 9.77 Å². The molecule has 1 aromatic heterocycles. The zero-order valence-corrected chi connectivity index (χ0v) is 14.8. The van der Waals surface area contributed by atoms with Crippen LogP contribution in [0.2, 0.25) is 0 Å². The first-order valence-electron chi connectivity index (χ1n) is 7.22. The van der Waals surface area contributed by atoms with E-state index in [4.69, 9.17) is 0 Å². The molecule has 0 bridgehead atoms. The highest BCUT2D eigenvalue weighted by Crippen LogP contribution is 2.30. The Kier molecular flexibility index (Phi) is 7.19. The number of nitrogens with one attached hydrogen (secondary N) is 3. The summed E-state index contributed by atoms with van der Waals surface area (Å²) >= 11 is 1.71. The lowest BCUT2D eigenvalue weighted by molar-refractivity contribution is 0.519. The molecule has 8 heteroatoms. The normalized spacial score (nSPS) is 12.8. The number of aromatic nitrogens is 2. The average molecular weight is 335 g/mol. The monoisotopic (exact) mass is 334 g/mol. The Morgan fingerprint density at radius 1 is 1.33 bits per heavy atom. The van der Waals surface area contributed by atoms with Crippen LogP contribution in [0.3, 0.4) is 0 Å². The van der Waals surface area contributed by atoms with Crippen molar-refractivity contribution in [2.24, 2.45) is 0 Å². The van der Waals surface area contributed by atoms with Gasteiger partial charge >= 0.3 is 0 Å². The number of H-pyrrole nitrogens is 1. The molecular weight excluding hydrogens is 308 g/mol. The maximum absolute atomic E-state index is 12.5.